The highest BCUT2D eigenvalue weighted by atomic mass is 32.1. The fourth-order valence-electron chi connectivity index (χ4n) is 2.51. The number of thiophene rings is 1. The number of nitrogens with one attached hydrogen (secondary N) is 2. The van der Waals surface area contributed by atoms with E-state index in [1.807, 2.05) is 50.2 Å². The van der Waals surface area contributed by atoms with Crippen LogP contribution in [0.3, 0.4) is 0 Å². The van der Waals surface area contributed by atoms with Crippen LogP contribution in [0.4, 0.5) is 5.95 Å². The third kappa shape index (κ3) is 3.42. The number of nitrogens with zero attached hydrogens (tertiary/aromatic N) is 3. The van der Waals surface area contributed by atoms with Crippen LogP contribution in [0.1, 0.15) is 21.1 Å². The minimum atomic E-state index is -0.231. The highest BCUT2D eigenvalue weighted by Crippen LogP contribution is 2.34. The lowest BCUT2D eigenvalue weighted by Crippen LogP contribution is -2.29. The van der Waals surface area contributed by atoms with Gasteiger partial charge in [-0.25, -0.2) is 15.0 Å². The number of rotatable bonds is 4. The second kappa shape index (κ2) is 6.81. The molecule has 1 amide bonds. The maximum atomic E-state index is 12.4. The van der Waals surface area contributed by atoms with Crippen molar-refractivity contribution in [1.29, 1.82) is 0 Å². The molecule has 4 aromatic rings. The van der Waals surface area contributed by atoms with E-state index in [2.05, 4.69) is 25.8 Å². The molecule has 3 heterocycles. The molecule has 0 unspecified atom stereocenters. The number of hydrazine groups is 1. The average Bonchev–Trinajstić information content (AvgIpc) is 3.25. The van der Waals surface area contributed by atoms with Crippen molar-refractivity contribution in [3.63, 3.8) is 0 Å². The number of amides is 1. The number of fused-ring (bicyclic) bond motifs is 1. The Morgan fingerprint density at radius 1 is 0.962 bits per heavy atom. The molecule has 26 heavy (non-hydrogen) atoms. The van der Waals surface area contributed by atoms with E-state index in [4.69, 9.17) is 0 Å². The highest BCUT2D eigenvalue weighted by molar-refractivity contribution is 7.26. The first-order chi connectivity index (χ1) is 12.6. The Labute approximate surface area is 157 Å². The molecule has 0 saturated heterocycles. The third-order valence-corrected chi connectivity index (χ3v) is 5.89. The molecule has 1 aromatic carbocycles. The fourth-order valence-corrected chi connectivity index (χ4v) is 4.43. The number of anilines is 1. The number of hydrogen-bond donors (Lipinski definition) is 2. The van der Waals surface area contributed by atoms with E-state index in [1.54, 1.807) is 17.4 Å². The molecule has 0 saturated carbocycles. The minimum Gasteiger partial charge on any atom is -0.266 e. The first-order valence-electron chi connectivity index (χ1n) is 7.93. The van der Waals surface area contributed by atoms with Crippen LogP contribution in [0.5, 0.6) is 0 Å². The Balaban J connectivity index is 1.49. The summed E-state index contributed by atoms with van der Waals surface area (Å²) in [7, 11) is 0. The first-order valence-corrected chi connectivity index (χ1v) is 9.56. The SMILES string of the molecule is Cc1cc(C)nc(NNC(=O)c2ccc(-c3nc4ccccc4s3)s2)n1. The van der Waals surface area contributed by atoms with Gasteiger partial charge in [-0.3, -0.25) is 15.6 Å². The van der Waals surface area contributed by atoms with Crippen LogP contribution in [0, 0.1) is 13.8 Å². The molecule has 0 bridgehead atoms. The van der Waals surface area contributed by atoms with Crippen molar-refractivity contribution < 1.29 is 4.79 Å². The average molecular weight is 381 g/mol. The van der Waals surface area contributed by atoms with Crippen molar-refractivity contribution >= 4 is 44.7 Å². The zero-order valence-corrected chi connectivity index (χ0v) is 15.7. The lowest BCUT2D eigenvalue weighted by Gasteiger charge is -2.07. The number of aromatic nitrogens is 3. The summed E-state index contributed by atoms with van der Waals surface area (Å²) >= 11 is 3.03. The number of thiazole rings is 1. The van der Waals surface area contributed by atoms with E-state index >= 15 is 0 Å². The van der Waals surface area contributed by atoms with E-state index in [0.717, 1.165) is 31.5 Å². The minimum absolute atomic E-state index is 0.231. The normalized spacial score (nSPS) is 10.8. The second-order valence-corrected chi connectivity index (χ2v) is 7.82. The predicted molar refractivity (Wildman–Crippen MR) is 106 cm³/mol. The van der Waals surface area contributed by atoms with E-state index in [0.29, 0.717) is 10.8 Å². The zero-order valence-electron chi connectivity index (χ0n) is 14.1. The van der Waals surface area contributed by atoms with Crippen LogP contribution >= 0.6 is 22.7 Å². The van der Waals surface area contributed by atoms with Crippen LogP contribution in [0.15, 0.2) is 42.5 Å². The van der Waals surface area contributed by atoms with Gasteiger partial charge in [0.25, 0.3) is 5.91 Å². The molecule has 0 atom stereocenters. The van der Waals surface area contributed by atoms with E-state index in [9.17, 15) is 4.79 Å². The van der Waals surface area contributed by atoms with Crippen molar-refractivity contribution in [3.8, 4) is 9.88 Å². The molecule has 2 N–H and O–H groups in total. The number of benzene rings is 1. The number of aryl methyl sites for hydroxylation is 2. The topological polar surface area (TPSA) is 79.8 Å². The van der Waals surface area contributed by atoms with Crippen molar-refractivity contribution in [2.24, 2.45) is 0 Å². The van der Waals surface area contributed by atoms with Gasteiger partial charge in [0.1, 0.15) is 5.01 Å². The summed E-state index contributed by atoms with van der Waals surface area (Å²) in [4.78, 5) is 27.0. The molecule has 4 rings (SSSR count). The van der Waals surface area contributed by atoms with Gasteiger partial charge in [-0.2, -0.15) is 0 Å². The lowest BCUT2D eigenvalue weighted by molar-refractivity contribution is 0.0966. The van der Waals surface area contributed by atoms with Crippen LogP contribution in [0.25, 0.3) is 20.1 Å². The molecule has 8 heteroatoms. The quantitative estimate of drug-likeness (QED) is 0.518. The second-order valence-electron chi connectivity index (χ2n) is 5.70. The summed E-state index contributed by atoms with van der Waals surface area (Å²) in [6, 6.07) is 13.6. The van der Waals surface area contributed by atoms with Crippen LogP contribution < -0.4 is 10.9 Å². The molecule has 0 radical (unpaired) electrons. The summed E-state index contributed by atoms with van der Waals surface area (Å²) < 4.78 is 1.13. The summed E-state index contributed by atoms with van der Waals surface area (Å²) in [6.07, 6.45) is 0. The molecule has 0 aliphatic heterocycles. The zero-order chi connectivity index (χ0) is 18.1. The van der Waals surface area contributed by atoms with Crippen molar-refractivity contribution in [2.45, 2.75) is 13.8 Å². The molecule has 6 nitrogen and oxygen atoms in total. The Hall–Kier alpha value is -2.84. The Bertz CT molecular complexity index is 1050. The monoisotopic (exact) mass is 381 g/mol. The van der Waals surface area contributed by atoms with Gasteiger partial charge in [0.2, 0.25) is 5.95 Å². The van der Waals surface area contributed by atoms with Gasteiger partial charge in [-0.1, -0.05) is 12.1 Å². The first kappa shape index (κ1) is 16.6. The van der Waals surface area contributed by atoms with E-state index in [-0.39, 0.29) is 5.91 Å². The molecular weight excluding hydrogens is 366 g/mol. The molecule has 0 spiro atoms. The van der Waals surface area contributed by atoms with Gasteiger partial charge in [0.15, 0.2) is 0 Å². The van der Waals surface area contributed by atoms with Crippen LogP contribution in [-0.4, -0.2) is 20.9 Å². The maximum Gasteiger partial charge on any atom is 0.279 e. The summed E-state index contributed by atoms with van der Waals surface area (Å²) in [6.45, 7) is 3.76. The van der Waals surface area contributed by atoms with Crippen LogP contribution in [0.2, 0.25) is 0 Å². The summed E-state index contributed by atoms with van der Waals surface area (Å²) in [5.41, 5.74) is 8.05. The van der Waals surface area contributed by atoms with Gasteiger partial charge < -0.3 is 0 Å². The third-order valence-electron chi connectivity index (χ3n) is 3.60. The number of para-hydroxylation sites is 1. The van der Waals surface area contributed by atoms with Gasteiger partial charge in [-0.05, 0) is 44.2 Å². The summed E-state index contributed by atoms with van der Waals surface area (Å²) in [5.74, 6) is 0.143. The lowest BCUT2D eigenvalue weighted by atomic mass is 10.3. The van der Waals surface area contributed by atoms with E-state index < -0.39 is 0 Å². The largest absolute Gasteiger partial charge is 0.279 e. The molecule has 130 valence electrons. The maximum absolute atomic E-state index is 12.4. The van der Waals surface area contributed by atoms with Crippen LogP contribution in [-0.2, 0) is 0 Å². The molecular formula is C18H15N5OS2. The van der Waals surface area contributed by atoms with Crippen molar-refractivity contribution in [1.82, 2.24) is 20.4 Å². The van der Waals surface area contributed by atoms with Gasteiger partial charge in [0, 0.05) is 11.4 Å². The molecule has 0 aliphatic rings. The van der Waals surface area contributed by atoms with E-state index in [1.165, 1.54) is 11.3 Å². The van der Waals surface area contributed by atoms with Crippen molar-refractivity contribution in [3.05, 3.63) is 58.7 Å². The standard InChI is InChI=1S/C18H15N5OS2/c1-10-9-11(2)20-18(19-10)23-22-16(24)14-7-8-15(25-14)17-21-12-5-3-4-6-13(12)26-17/h3-9H,1-2H3,(H,22,24)(H,19,20,23). The van der Waals surface area contributed by atoms with Crippen molar-refractivity contribution in [2.75, 3.05) is 5.43 Å². The predicted octanol–water partition coefficient (Wildman–Crippen LogP) is 4.19. The molecule has 0 fully saturated rings. The van der Waals surface area contributed by atoms with Gasteiger partial charge >= 0.3 is 0 Å². The molecule has 0 aliphatic carbocycles. The highest BCUT2D eigenvalue weighted by Gasteiger charge is 2.13. The fraction of sp³-hybridized carbons (Fsp3) is 0.111. The summed E-state index contributed by atoms with van der Waals surface area (Å²) in [5, 5.41) is 0.917. The number of hydrogen-bond acceptors (Lipinski definition) is 7. The number of carbonyl (C=O) groups excluding carboxylic acids is 1. The Morgan fingerprint density at radius 3 is 2.50 bits per heavy atom. The smallest absolute Gasteiger partial charge is 0.266 e. The Morgan fingerprint density at radius 2 is 1.73 bits per heavy atom. The van der Waals surface area contributed by atoms with Gasteiger partial charge in [-0.15, -0.1) is 22.7 Å². The van der Waals surface area contributed by atoms with Gasteiger partial charge in [0.05, 0.1) is 20.0 Å². The molecule has 3 aromatic heterocycles. The number of carbonyl (C=O) groups is 1. The Kier molecular flexibility index (Phi) is 4.36.